The van der Waals surface area contributed by atoms with Gasteiger partial charge in [-0.3, -0.25) is 9.78 Å². The van der Waals surface area contributed by atoms with Gasteiger partial charge in [-0.1, -0.05) is 12.1 Å². The van der Waals surface area contributed by atoms with Crippen molar-refractivity contribution >= 4 is 5.91 Å². The van der Waals surface area contributed by atoms with Crippen LogP contribution in [-0.4, -0.2) is 31.7 Å². The van der Waals surface area contributed by atoms with Crippen LogP contribution in [-0.2, 0) is 17.6 Å². The zero-order valence-corrected chi connectivity index (χ0v) is 13.5. The summed E-state index contributed by atoms with van der Waals surface area (Å²) in [5, 5.41) is 2.93. The second-order valence-corrected chi connectivity index (χ2v) is 5.11. The zero-order chi connectivity index (χ0) is 16.5. The maximum Gasteiger partial charge on any atom is 0.220 e. The molecule has 1 aromatic heterocycles. The van der Waals surface area contributed by atoms with Crippen molar-refractivity contribution in [2.24, 2.45) is 0 Å². The summed E-state index contributed by atoms with van der Waals surface area (Å²) in [5.41, 5.74) is 2.02. The third kappa shape index (κ3) is 5.29. The van der Waals surface area contributed by atoms with Gasteiger partial charge in [0.25, 0.3) is 0 Å². The van der Waals surface area contributed by atoms with Gasteiger partial charge < -0.3 is 14.8 Å². The lowest BCUT2D eigenvalue weighted by molar-refractivity contribution is -0.121. The van der Waals surface area contributed by atoms with Crippen LogP contribution in [0.1, 0.15) is 17.7 Å². The lowest BCUT2D eigenvalue weighted by atomic mass is 10.1. The standard InChI is InChI=1S/C18H22N2O3/c1-22-16-8-6-14(13-17(16)23-2)10-12-20-18(21)9-7-15-5-3-4-11-19-15/h3-6,8,11,13H,7,9-10,12H2,1-2H3,(H,20,21). The van der Waals surface area contributed by atoms with Crippen LogP contribution in [0.4, 0.5) is 0 Å². The zero-order valence-electron chi connectivity index (χ0n) is 13.5. The number of benzene rings is 1. The van der Waals surface area contributed by atoms with Crippen molar-refractivity contribution in [3.8, 4) is 11.5 Å². The van der Waals surface area contributed by atoms with Gasteiger partial charge in [0.2, 0.25) is 5.91 Å². The first-order chi connectivity index (χ1) is 11.2. The number of pyridine rings is 1. The SMILES string of the molecule is COc1ccc(CCNC(=O)CCc2ccccn2)cc1OC. The van der Waals surface area contributed by atoms with E-state index >= 15 is 0 Å². The molecule has 0 saturated heterocycles. The Morgan fingerprint density at radius 3 is 2.61 bits per heavy atom. The Bertz CT molecular complexity index is 629. The summed E-state index contributed by atoms with van der Waals surface area (Å²) < 4.78 is 10.5. The third-order valence-corrected chi connectivity index (χ3v) is 3.52. The van der Waals surface area contributed by atoms with Gasteiger partial charge in [0, 0.05) is 24.9 Å². The highest BCUT2D eigenvalue weighted by molar-refractivity contribution is 5.76. The Labute approximate surface area is 136 Å². The average Bonchev–Trinajstić information content (AvgIpc) is 2.60. The highest BCUT2D eigenvalue weighted by Crippen LogP contribution is 2.27. The second kappa shape index (κ2) is 8.78. The number of nitrogens with one attached hydrogen (secondary N) is 1. The molecule has 0 unspecified atom stereocenters. The van der Waals surface area contributed by atoms with Crippen molar-refractivity contribution in [1.82, 2.24) is 10.3 Å². The Hall–Kier alpha value is -2.56. The van der Waals surface area contributed by atoms with Gasteiger partial charge in [-0.05, 0) is 42.7 Å². The van der Waals surface area contributed by atoms with Crippen LogP contribution in [0.3, 0.4) is 0 Å². The van der Waals surface area contributed by atoms with Crippen molar-refractivity contribution < 1.29 is 14.3 Å². The van der Waals surface area contributed by atoms with E-state index in [2.05, 4.69) is 10.3 Å². The van der Waals surface area contributed by atoms with E-state index in [0.29, 0.717) is 30.9 Å². The lowest BCUT2D eigenvalue weighted by Gasteiger charge is -2.10. The number of carbonyl (C=O) groups excluding carboxylic acids is 1. The van der Waals surface area contributed by atoms with E-state index in [9.17, 15) is 4.79 Å². The molecule has 0 aliphatic rings. The van der Waals surface area contributed by atoms with Gasteiger partial charge in [-0.2, -0.15) is 0 Å². The quantitative estimate of drug-likeness (QED) is 0.813. The molecule has 0 radical (unpaired) electrons. The molecule has 0 aliphatic heterocycles. The van der Waals surface area contributed by atoms with Crippen LogP contribution < -0.4 is 14.8 Å². The molecule has 0 bridgehead atoms. The first-order valence-electron chi connectivity index (χ1n) is 7.60. The third-order valence-electron chi connectivity index (χ3n) is 3.52. The number of hydrogen-bond donors (Lipinski definition) is 1. The summed E-state index contributed by atoms with van der Waals surface area (Å²) in [6.07, 6.45) is 3.59. The number of amides is 1. The smallest absolute Gasteiger partial charge is 0.220 e. The highest BCUT2D eigenvalue weighted by Gasteiger charge is 2.06. The summed E-state index contributed by atoms with van der Waals surface area (Å²) in [4.78, 5) is 16.1. The number of hydrogen-bond acceptors (Lipinski definition) is 4. The number of carbonyl (C=O) groups is 1. The Balaban J connectivity index is 1.75. The molecule has 0 saturated carbocycles. The number of aryl methyl sites for hydroxylation is 1. The average molecular weight is 314 g/mol. The van der Waals surface area contributed by atoms with E-state index in [1.807, 2.05) is 36.4 Å². The van der Waals surface area contributed by atoms with Gasteiger partial charge in [0.15, 0.2) is 11.5 Å². The van der Waals surface area contributed by atoms with Crippen molar-refractivity contribution in [2.45, 2.75) is 19.3 Å². The van der Waals surface area contributed by atoms with Crippen LogP contribution in [0.15, 0.2) is 42.6 Å². The van der Waals surface area contributed by atoms with Crippen LogP contribution >= 0.6 is 0 Å². The lowest BCUT2D eigenvalue weighted by Crippen LogP contribution is -2.25. The molecule has 1 amide bonds. The van der Waals surface area contributed by atoms with E-state index in [1.54, 1.807) is 20.4 Å². The number of methoxy groups -OCH3 is 2. The van der Waals surface area contributed by atoms with E-state index in [0.717, 1.165) is 17.7 Å². The number of ether oxygens (including phenoxy) is 2. The van der Waals surface area contributed by atoms with Crippen LogP contribution in [0.2, 0.25) is 0 Å². The van der Waals surface area contributed by atoms with Crippen molar-refractivity contribution in [3.05, 3.63) is 53.9 Å². The predicted octanol–water partition coefficient (Wildman–Crippen LogP) is 2.39. The molecular weight excluding hydrogens is 292 g/mol. The van der Waals surface area contributed by atoms with Crippen LogP contribution in [0, 0.1) is 0 Å². The molecule has 2 aromatic rings. The minimum atomic E-state index is 0.0381. The molecule has 2 rings (SSSR count). The monoisotopic (exact) mass is 314 g/mol. The van der Waals surface area contributed by atoms with Crippen molar-refractivity contribution in [1.29, 1.82) is 0 Å². The summed E-state index contributed by atoms with van der Waals surface area (Å²) in [6, 6.07) is 11.5. The molecule has 1 aromatic carbocycles. The Kier molecular flexibility index (Phi) is 6.41. The van der Waals surface area contributed by atoms with Crippen molar-refractivity contribution in [2.75, 3.05) is 20.8 Å². The van der Waals surface area contributed by atoms with Crippen LogP contribution in [0.5, 0.6) is 11.5 Å². The minimum absolute atomic E-state index is 0.0381. The van der Waals surface area contributed by atoms with Gasteiger partial charge in [0.05, 0.1) is 14.2 Å². The molecule has 23 heavy (non-hydrogen) atoms. The van der Waals surface area contributed by atoms with Crippen LogP contribution in [0.25, 0.3) is 0 Å². The summed E-state index contributed by atoms with van der Waals surface area (Å²) in [5.74, 6) is 1.44. The molecular formula is C18H22N2O3. The normalized spacial score (nSPS) is 10.2. The first kappa shape index (κ1) is 16.8. The first-order valence-corrected chi connectivity index (χ1v) is 7.60. The molecule has 0 atom stereocenters. The fourth-order valence-electron chi connectivity index (χ4n) is 2.26. The fraction of sp³-hybridized carbons (Fsp3) is 0.333. The molecule has 0 fully saturated rings. The van der Waals surface area contributed by atoms with E-state index < -0.39 is 0 Å². The number of rotatable bonds is 8. The number of nitrogens with zero attached hydrogens (tertiary/aromatic N) is 1. The summed E-state index contributed by atoms with van der Waals surface area (Å²) in [6.45, 7) is 0.594. The summed E-state index contributed by atoms with van der Waals surface area (Å²) >= 11 is 0. The Morgan fingerprint density at radius 2 is 1.91 bits per heavy atom. The van der Waals surface area contributed by atoms with E-state index in [4.69, 9.17) is 9.47 Å². The van der Waals surface area contributed by atoms with Gasteiger partial charge >= 0.3 is 0 Å². The molecule has 5 heteroatoms. The van der Waals surface area contributed by atoms with Gasteiger partial charge in [-0.15, -0.1) is 0 Å². The fourth-order valence-corrected chi connectivity index (χ4v) is 2.26. The second-order valence-electron chi connectivity index (χ2n) is 5.11. The molecule has 5 nitrogen and oxygen atoms in total. The molecule has 1 heterocycles. The topological polar surface area (TPSA) is 60.5 Å². The van der Waals surface area contributed by atoms with Gasteiger partial charge in [0.1, 0.15) is 0 Å². The maximum absolute atomic E-state index is 11.8. The van der Waals surface area contributed by atoms with Crippen molar-refractivity contribution in [3.63, 3.8) is 0 Å². The van der Waals surface area contributed by atoms with Gasteiger partial charge in [-0.25, -0.2) is 0 Å². The predicted molar refractivity (Wildman–Crippen MR) is 88.8 cm³/mol. The summed E-state index contributed by atoms with van der Waals surface area (Å²) in [7, 11) is 3.22. The highest BCUT2D eigenvalue weighted by atomic mass is 16.5. The molecule has 1 N–H and O–H groups in total. The van der Waals surface area contributed by atoms with E-state index in [1.165, 1.54) is 0 Å². The number of aromatic nitrogens is 1. The molecule has 122 valence electrons. The van der Waals surface area contributed by atoms with E-state index in [-0.39, 0.29) is 5.91 Å². The maximum atomic E-state index is 11.8. The molecule has 0 aliphatic carbocycles. The largest absolute Gasteiger partial charge is 0.493 e. The molecule has 0 spiro atoms. The Morgan fingerprint density at radius 1 is 1.09 bits per heavy atom. The minimum Gasteiger partial charge on any atom is -0.493 e.